The summed E-state index contributed by atoms with van der Waals surface area (Å²) in [6.07, 6.45) is 2.33. The van der Waals surface area contributed by atoms with Gasteiger partial charge in [0.15, 0.2) is 6.29 Å². The third kappa shape index (κ3) is 2.52. The third-order valence-electron chi connectivity index (χ3n) is 2.23. The molecular weight excluding hydrogens is 220 g/mol. The van der Waals surface area contributed by atoms with Gasteiger partial charge in [0, 0.05) is 4.90 Å². The summed E-state index contributed by atoms with van der Waals surface area (Å²) in [5, 5.41) is 0. The summed E-state index contributed by atoms with van der Waals surface area (Å²) in [6, 6.07) is 8.22. The molecule has 0 unspecified atom stereocenters. The lowest BCUT2D eigenvalue weighted by Crippen LogP contribution is -1.86. The van der Waals surface area contributed by atoms with Crippen molar-refractivity contribution in [1.82, 2.24) is 9.97 Å². The summed E-state index contributed by atoms with van der Waals surface area (Å²) < 4.78 is 0. The summed E-state index contributed by atoms with van der Waals surface area (Å²) in [6.45, 7) is 2.08. The normalized spacial score (nSPS) is 10.3. The van der Waals surface area contributed by atoms with E-state index in [0.29, 0.717) is 5.69 Å². The first-order valence-electron chi connectivity index (χ1n) is 4.97. The Morgan fingerprint density at radius 1 is 1.44 bits per heavy atom. The largest absolute Gasteiger partial charge is 0.339 e. The van der Waals surface area contributed by atoms with Crippen molar-refractivity contribution in [1.29, 1.82) is 0 Å². The zero-order chi connectivity index (χ0) is 11.4. The fourth-order valence-electron chi connectivity index (χ4n) is 1.38. The van der Waals surface area contributed by atoms with E-state index in [1.807, 2.05) is 12.1 Å². The predicted molar refractivity (Wildman–Crippen MR) is 64.7 cm³/mol. The van der Waals surface area contributed by atoms with E-state index in [9.17, 15) is 4.79 Å². The number of carbonyl (C=O) groups is 1. The van der Waals surface area contributed by atoms with Crippen LogP contribution in [0.5, 0.6) is 0 Å². The zero-order valence-corrected chi connectivity index (χ0v) is 9.75. The summed E-state index contributed by atoms with van der Waals surface area (Å²) in [7, 11) is 0. The van der Waals surface area contributed by atoms with Gasteiger partial charge in [-0.25, -0.2) is 4.98 Å². The van der Waals surface area contributed by atoms with E-state index >= 15 is 0 Å². The van der Waals surface area contributed by atoms with E-state index in [1.54, 1.807) is 18.0 Å². The number of carbonyl (C=O) groups excluding carboxylic acids is 1. The average Bonchev–Trinajstić information content (AvgIpc) is 2.76. The molecule has 0 saturated heterocycles. The van der Waals surface area contributed by atoms with Gasteiger partial charge in [0.25, 0.3) is 0 Å². The van der Waals surface area contributed by atoms with Crippen LogP contribution < -0.4 is 0 Å². The number of nitrogens with one attached hydrogen (secondary N) is 1. The maximum atomic E-state index is 10.5. The Bertz CT molecular complexity index is 493. The summed E-state index contributed by atoms with van der Waals surface area (Å²) in [4.78, 5) is 18.8. The number of rotatable bonds is 4. The van der Waals surface area contributed by atoms with Crippen LogP contribution in [-0.2, 0) is 5.75 Å². The molecule has 0 aliphatic rings. The van der Waals surface area contributed by atoms with Crippen molar-refractivity contribution >= 4 is 18.0 Å². The number of aldehydes is 1. The Labute approximate surface area is 98.3 Å². The van der Waals surface area contributed by atoms with E-state index in [2.05, 4.69) is 29.0 Å². The number of thioether (sulfide) groups is 1. The van der Waals surface area contributed by atoms with Gasteiger partial charge in [0.2, 0.25) is 0 Å². The van der Waals surface area contributed by atoms with Gasteiger partial charge in [-0.15, -0.1) is 11.8 Å². The number of H-pyrrole nitrogens is 1. The number of aryl methyl sites for hydroxylation is 1. The Kier molecular flexibility index (Phi) is 3.41. The fourth-order valence-corrected chi connectivity index (χ4v) is 2.29. The SMILES string of the molecule is Cc1ccccc1SCc1ncc(C=O)[nH]1. The van der Waals surface area contributed by atoms with Crippen LogP contribution in [-0.4, -0.2) is 16.3 Å². The summed E-state index contributed by atoms with van der Waals surface area (Å²) >= 11 is 1.71. The molecule has 0 atom stereocenters. The number of aromatic amines is 1. The molecule has 0 fully saturated rings. The predicted octanol–water partition coefficient (Wildman–Crippen LogP) is 2.82. The van der Waals surface area contributed by atoms with Crippen LogP contribution in [0.15, 0.2) is 35.4 Å². The third-order valence-corrected chi connectivity index (χ3v) is 3.42. The highest BCUT2D eigenvalue weighted by Crippen LogP contribution is 2.24. The van der Waals surface area contributed by atoms with Crippen LogP contribution in [0.4, 0.5) is 0 Å². The first-order valence-corrected chi connectivity index (χ1v) is 5.95. The minimum absolute atomic E-state index is 0.528. The van der Waals surface area contributed by atoms with Crippen molar-refractivity contribution in [2.75, 3.05) is 0 Å². The van der Waals surface area contributed by atoms with Crippen LogP contribution in [0.25, 0.3) is 0 Å². The minimum Gasteiger partial charge on any atom is -0.339 e. The fraction of sp³-hybridized carbons (Fsp3) is 0.167. The Hall–Kier alpha value is -1.55. The molecule has 0 spiro atoms. The molecule has 1 N–H and O–H groups in total. The average molecular weight is 232 g/mol. The highest BCUT2D eigenvalue weighted by molar-refractivity contribution is 7.98. The van der Waals surface area contributed by atoms with Crippen molar-refractivity contribution in [3.8, 4) is 0 Å². The van der Waals surface area contributed by atoms with Crippen molar-refractivity contribution in [3.63, 3.8) is 0 Å². The van der Waals surface area contributed by atoms with Crippen molar-refractivity contribution in [2.45, 2.75) is 17.6 Å². The minimum atomic E-state index is 0.528. The molecule has 0 aliphatic heterocycles. The number of nitrogens with zero attached hydrogens (tertiary/aromatic N) is 1. The van der Waals surface area contributed by atoms with Crippen LogP contribution >= 0.6 is 11.8 Å². The van der Waals surface area contributed by atoms with Crippen LogP contribution in [0, 0.1) is 6.92 Å². The van der Waals surface area contributed by atoms with Gasteiger partial charge < -0.3 is 4.98 Å². The molecule has 0 bridgehead atoms. The molecule has 1 heterocycles. The maximum Gasteiger partial charge on any atom is 0.167 e. The topological polar surface area (TPSA) is 45.8 Å². The van der Waals surface area contributed by atoms with E-state index in [-0.39, 0.29) is 0 Å². The second kappa shape index (κ2) is 4.99. The molecule has 1 aromatic heterocycles. The summed E-state index contributed by atoms with van der Waals surface area (Å²) in [5.74, 6) is 1.58. The molecule has 2 rings (SSSR count). The van der Waals surface area contributed by atoms with Crippen molar-refractivity contribution in [3.05, 3.63) is 47.5 Å². The summed E-state index contributed by atoms with van der Waals surface area (Å²) in [5.41, 5.74) is 1.79. The molecule has 1 aromatic carbocycles. The highest BCUT2D eigenvalue weighted by Gasteiger charge is 2.02. The standard InChI is InChI=1S/C12H12N2OS/c1-9-4-2-3-5-11(9)16-8-12-13-6-10(7-15)14-12/h2-7H,8H2,1H3,(H,13,14). The quantitative estimate of drug-likeness (QED) is 0.651. The molecule has 0 amide bonds. The first-order chi connectivity index (χ1) is 7.79. The highest BCUT2D eigenvalue weighted by atomic mass is 32.2. The lowest BCUT2D eigenvalue weighted by atomic mass is 10.2. The number of aromatic nitrogens is 2. The van der Waals surface area contributed by atoms with Crippen molar-refractivity contribution in [2.24, 2.45) is 0 Å². The second-order valence-corrected chi connectivity index (χ2v) is 4.47. The van der Waals surface area contributed by atoms with Gasteiger partial charge in [-0.1, -0.05) is 18.2 Å². The van der Waals surface area contributed by atoms with Crippen LogP contribution in [0.2, 0.25) is 0 Å². The molecule has 3 nitrogen and oxygen atoms in total. The van der Waals surface area contributed by atoms with Crippen molar-refractivity contribution < 1.29 is 4.79 Å². The first kappa shape index (κ1) is 11.0. The van der Waals surface area contributed by atoms with Crippen LogP contribution in [0.3, 0.4) is 0 Å². The molecule has 0 radical (unpaired) electrons. The lowest BCUT2D eigenvalue weighted by molar-refractivity contribution is 0.111. The molecule has 0 saturated carbocycles. The molecular formula is C12H12N2OS. The lowest BCUT2D eigenvalue weighted by Gasteiger charge is -2.02. The van der Waals surface area contributed by atoms with Gasteiger partial charge in [0.1, 0.15) is 5.82 Å². The Morgan fingerprint density at radius 3 is 2.94 bits per heavy atom. The van der Waals surface area contributed by atoms with Crippen LogP contribution in [0.1, 0.15) is 21.9 Å². The van der Waals surface area contributed by atoms with E-state index in [0.717, 1.165) is 17.9 Å². The molecule has 0 aliphatic carbocycles. The molecule has 2 aromatic rings. The van der Waals surface area contributed by atoms with Gasteiger partial charge >= 0.3 is 0 Å². The van der Waals surface area contributed by atoms with E-state index in [4.69, 9.17) is 0 Å². The van der Waals surface area contributed by atoms with Gasteiger partial charge in [-0.05, 0) is 18.6 Å². The molecule has 82 valence electrons. The number of hydrogen-bond donors (Lipinski definition) is 1. The number of benzene rings is 1. The monoisotopic (exact) mass is 232 g/mol. The van der Waals surface area contributed by atoms with Gasteiger partial charge in [-0.2, -0.15) is 0 Å². The number of hydrogen-bond acceptors (Lipinski definition) is 3. The Balaban J connectivity index is 2.02. The second-order valence-electron chi connectivity index (χ2n) is 3.46. The van der Waals surface area contributed by atoms with E-state index < -0.39 is 0 Å². The molecule has 16 heavy (non-hydrogen) atoms. The molecule has 4 heteroatoms. The number of imidazole rings is 1. The smallest absolute Gasteiger partial charge is 0.167 e. The Morgan fingerprint density at radius 2 is 2.25 bits per heavy atom. The van der Waals surface area contributed by atoms with E-state index in [1.165, 1.54) is 10.5 Å². The maximum absolute atomic E-state index is 10.5. The van der Waals surface area contributed by atoms with Gasteiger partial charge in [0.05, 0.1) is 17.6 Å². The van der Waals surface area contributed by atoms with Gasteiger partial charge in [-0.3, -0.25) is 4.79 Å². The zero-order valence-electron chi connectivity index (χ0n) is 8.93.